The van der Waals surface area contributed by atoms with Crippen molar-refractivity contribution in [2.75, 3.05) is 44.9 Å². The van der Waals surface area contributed by atoms with Gasteiger partial charge in [-0.1, -0.05) is 13.8 Å². The van der Waals surface area contributed by atoms with Gasteiger partial charge in [-0.05, 0) is 50.2 Å². The molecule has 1 unspecified atom stereocenters. The van der Waals surface area contributed by atoms with Gasteiger partial charge in [-0.25, -0.2) is 9.18 Å². The van der Waals surface area contributed by atoms with E-state index < -0.39 is 23.3 Å². The number of ether oxygens (including phenoxy) is 2. The van der Waals surface area contributed by atoms with Crippen LogP contribution in [0, 0.1) is 18.2 Å². The second-order valence-corrected chi connectivity index (χ2v) is 10.1. The predicted molar refractivity (Wildman–Crippen MR) is 133 cm³/mol. The van der Waals surface area contributed by atoms with Gasteiger partial charge in [0.1, 0.15) is 11.4 Å². The fourth-order valence-electron chi connectivity index (χ4n) is 4.84. The van der Waals surface area contributed by atoms with E-state index in [4.69, 9.17) is 9.47 Å². The summed E-state index contributed by atoms with van der Waals surface area (Å²) in [6.07, 6.45) is 2.97. The molecule has 194 valence electrons. The zero-order valence-corrected chi connectivity index (χ0v) is 21.3. The van der Waals surface area contributed by atoms with Gasteiger partial charge in [0.25, 0.3) is 0 Å². The molecule has 9 heteroatoms. The van der Waals surface area contributed by atoms with Crippen molar-refractivity contribution in [2.24, 2.45) is 5.41 Å². The minimum Gasteiger partial charge on any atom is -0.477 e. The Morgan fingerprint density at radius 2 is 2.03 bits per heavy atom. The zero-order valence-electron chi connectivity index (χ0n) is 21.3. The van der Waals surface area contributed by atoms with Crippen LogP contribution in [-0.4, -0.2) is 66.9 Å². The van der Waals surface area contributed by atoms with E-state index in [1.165, 1.54) is 12.3 Å². The van der Waals surface area contributed by atoms with Crippen LogP contribution in [0.2, 0.25) is 0 Å². The highest BCUT2D eigenvalue weighted by atomic mass is 19.1. The minimum absolute atomic E-state index is 0.0921. The van der Waals surface area contributed by atoms with Crippen LogP contribution in [0.5, 0.6) is 0 Å². The summed E-state index contributed by atoms with van der Waals surface area (Å²) >= 11 is 0. The van der Waals surface area contributed by atoms with E-state index in [0.717, 1.165) is 12.8 Å². The molecule has 0 amide bonds. The highest BCUT2D eigenvalue weighted by Gasteiger charge is 2.31. The van der Waals surface area contributed by atoms with Crippen molar-refractivity contribution in [3.63, 3.8) is 0 Å². The van der Waals surface area contributed by atoms with E-state index >= 15 is 4.39 Å². The highest BCUT2D eigenvalue weighted by molar-refractivity contribution is 5.95. The standard InChI is InChI=1S/C26H37FN2O6/c1-6-28(15-26(3,4)12-18(30)14-35-10-9-34-5)23-16(2)22-19(11-21(23)27)24(31)20(25(32)33)13-29(22)17-7-8-17/h11,13,17-18,30H,6-10,12,14-15H2,1-5H3,(H,32,33). The van der Waals surface area contributed by atoms with Crippen molar-refractivity contribution < 1.29 is 28.9 Å². The molecular formula is C26H37FN2O6. The first kappa shape index (κ1) is 27.1. The number of aryl methyl sites for hydroxylation is 1. The molecule has 3 rings (SSSR count). The first-order valence-electron chi connectivity index (χ1n) is 12.1. The molecule has 1 fully saturated rings. The molecule has 1 heterocycles. The van der Waals surface area contributed by atoms with Crippen LogP contribution in [0.25, 0.3) is 10.9 Å². The Morgan fingerprint density at radius 1 is 1.34 bits per heavy atom. The molecule has 1 aromatic carbocycles. The number of aromatic carboxylic acids is 1. The van der Waals surface area contributed by atoms with Crippen LogP contribution in [0.3, 0.4) is 0 Å². The molecule has 0 bridgehead atoms. The molecule has 1 aliphatic carbocycles. The van der Waals surface area contributed by atoms with E-state index in [2.05, 4.69) is 0 Å². The Labute approximate surface area is 205 Å². The second-order valence-electron chi connectivity index (χ2n) is 10.1. The van der Waals surface area contributed by atoms with Gasteiger partial charge < -0.3 is 29.2 Å². The van der Waals surface area contributed by atoms with Crippen LogP contribution in [-0.2, 0) is 9.47 Å². The van der Waals surface area contributed by atoms with Gasteiger partial charge in [-0.3, -0.25) is 4.79 Å². The maximum Gasteiger partial charge on any atom is 0.341 e. The number of aliphatic hydroxyl groups excluding tert-OH is 1. The summed E-state index contributed by atoms with van der Waals surface area (Å²) in [5.74, 6) is -1.87. The number of rotatable bonds is 13. The number of pyridine rings is 1. The summed E-state index contributed by atoms with van der Waals surface area (Å²) in [6, 6.07) is 1.28. The fraction of sp³-hybridized carbons (Fsp3) is 0.615. The maximum atomic E-state index is 15.5. The molecule has 0 aliphatic heterocycles. The third-order valence-corrected chi connectivity index (χ3v) is 6.50. The molecule has 1 atom stereocenters. The number of hydrogen-bond acceptors (Lipinski definition) is 6. The van der Waals surface area contributed by atoms with E-state index in [9.17, 15) is 19.8 Å². The summed E-state index contributed by atoms with van der Waals surface area (Å²) in [6.45, 7) is 9.81. The molecule has 1 aliphatic rings. The van der Waals surface area contributed by atoms with Crippen molar-refractivity contribution in [1.82, 2.24) is 4.57 Å². The average Bonchev–Trinajstić information content (AvgIpc) is 3.61. The largest absolute Gasteiger partial charge is 0.477 e. The monoisotopic (exact) mass is 492 g/mol. The van der Waals surface area contributed by atoms with Crippen LogP contribution >= 0.6 is 0 Å². The van der Waals surface area contributed by atoms with Crippen molar-refractivity contribution >= 4 is 22.6 Å². The Bertz CT molecular complexity index is 1130. The normalized spacial score (nSPS) is 14.9. The molecule has 1 aromatic heterocycles. The molecule has 0 radical (unpaired) electrons. The van der Waals surface area contributed by atoms with Crippen LogP contribution in [0.1, 0.15) is 62.0 Å². The quantitative estimate of drug-likeness (QED) is 0.411. The van der Waals surface area contributed by atoms with Gasteiger partial charge in [0.05, 0.1) is 37.1 Å². The molecule has 2 N–H and O–H groups in total. The van der Waals surface area contributed by atoms with Crippen molar-refractivity contribution in [1.29, 1.82) is 0 Å². The van der Waals surface area contributed by atoms with Gasteiger partial charge in [-0.2, -0.15) is 0 Å². The summed E-state index contributed by atoms with van der Waals surface area (Å²) < 4.78 is 27.8. The number of aromatic nitrogens is 1. The van der Waals surface area contributed by atoms with E-state index in [1.807, 2.05) is 30.2 Å². The summed E-state index contributed by atoms with van der Waals surface area (Å²) in [5, 5.41) is 20.0. The highest BCUT2D eigenvalue weighted by Crippen LogP contribution is 2.40. The van der Waals surface area contributed by atoms with Gasteiger partial charge in [0.2, 0.25) is 5.43 Å². The summed E-state index contributed by atoms with van der Waals surface area (Å²) in [7, 11) is 1.59. The molecule has 0 saturated heterocycles. The number of carboxylic acids is 1. The van der Waals surface area contributed by atoms with Crippen molar-refractivity contribution in [3.8, 4) is 0 Å². The predicted octanol–water partition coefficient (Wildman–Crippen LogP) is 3.75. The van der Waals surface area contributed by atoms with Crippen molar-refractivity contribution in [3.05, 3.63) is 39.4 Å². The number of benzene rings is 1. The Morgan fingerprint density at radius 3 is 2.60 bits per heavy atom. The topological polar surface area (TPSA) is 101 Å². The fourth-order valence-corrected chi connectivity index (χ4v) is 4.84. The number of carboxylic acid groups (broad SMARTS) is 1. The number of methoxy groups -OCH3 is 1. The van der Waals surface area contributed by atoms with Gasteiger partial charge in [0, 0.05) is 37.8 Å². The Hall–Kier alpha value is -2.49. The lowest BCUT2D eigenvalue weighted by Gasteiger charge is -2.36. The number of carbonyl (C=O) groups is 1. The van der Waals surface area contributed by atoms with Crippen LogP contribution < -0.4 is 10.3 Å². The SMILES string of the molecule is CCN(CC(C)(C)CC(O)COCCOC)c1c(F)cc2c(=O)c(C(=O)O)cn(C3CC3)c2c1C. The Kier molecular flexibility index (Phi) is 8.56. The van der Waals surface area contributed by atoms with Crippen LogP contribution in [0.15, 0.2) is 17.1 Å². The second kappa shape index (κ2) is 11.1. The number of hydrogen-bond donors (Lipinski definition) is 2. The first-order chi connectivity index (χ1) is 16.5. The molecule has 2 aromatic rings. The minimum atomic E-state index is -1.31. The smallest absolute Gasteiger partial charge is 0.341 e. The number of anilines is 1. The lowest BCUT2D eigenvalue weighted by molar-refractivity contribution is -0.00244. The first-order valence-corrected chi connectivity index (χ1v) is 12.1. The average molecular weight is 493 g/mol. The van der Waals surface area contributed by atoms with Crippen LogP contribution in [0.4, 0.5) is 10.1 Å². The third-order valence-electron chi connectivity index (χ3n) is 6.50. The van der Waals surface area contributed by atoms with E-state index in [0.29, 0.717) is 49.5 Å². The zero-order chi connectivity index (χ0) is 25.9. The van der Waals surface area contributed by atoms with Gasteiger partial charge in [0.15, 0.2) is 0 Å². The lowest BCUT2D eigenvalue weighted by Crippen LogP contribution is -2.38. The van der Waals surface area contributed by atoms with E-state index in [-0.39, 0.29) is 29.0 Å². The molecule has 35 heavy (non-hydrogen) atoms. The molecule has 0 spiro atoms. The number of nitrogens with zero attached hydrogens (tertiary/aromatic N) is 2. The number of halogens is 1. The lowest BCUT2D eigenvalue weighted by atomic mass is 9.85. The molecular weight excluding hydrogens is 455 g/mol. The van der Waals surface area contributed by atoms with Gasteiger partial charge >= 0.3 is 5.97 Å². The summed E-state index contributed by atoms with van der Waals surface area (Å²) in [5.41, 5.74) is 0.223. The molecule has 1 saturated carbocycles. The van der Waals surface area contributed by atoms with Crippen molar-refractivity contribution in [2.45, 2.75) is 59.1 Å². The number of fused-ring (bicyclic) bond motifs is 1. The third kappa shape index (κ3) is 6.20. The maximum absolute atomic E-state index is 15.5. The number of aliphatic hydroxyl groups is 1. The van der Waals surface area contributed by atoms with E-state index in [1.54, 1.807) is 14.0 Å². The Balaban J connectivity index is 1.95. The molecule has 8 nitrogen and oxygen atoms in total. The van der Waals surface area contributed by atoms with Gasteiger partial charge in [-0.15, -0.1) is 0 Å². The summed E-state index contributed by atoms with van der Waals surface area (Å²) in [4.78, 5) is 26.4.